The van der Waals surface area contributed by atoms with Crippen LogP contribution in [-0.4, -0.2) is 40.9 Å². The zero-order chi connectivity index (χ0) is 22.0. The highest BCUT2D eigenvalue weighted by atomic mass is 32.2. The highest BCUT2D eigenvalue weighted by molar-refractivity contribution is 7.89. The predicted molar refractivity (Wildman–Crippen MR) is 118 cm³/mol. The average molecular weight is 459 g/mol. The van der Waals surface area contributed by atoms with Crippen molar-refractivity contribution in [1.29, 1.82) is 0 Å². The fourth-order valence-corrected chi connectivity index (χ4v) is 6.53. The quantitative estimate of drug-likeness (QED) is 0.409. The topological polar surface area (TPSA) is 106 Å². The lowest BCUT2D eigenvalue weighted by Gasteiger charge is -2.31. The number of sulfonamides is 1. The third kappa shape index (κ3) is 4.65. The molecule has 0 N–H and O–H groups in total. The second-order valence-corrected chi connectivity index (χ2v) is 10.6. The number of non-ortho nitro benzene ring substituents is 1. The molecule has 1 aliphatic heterocycles. The van der Waals surface area contributed by atoms with Gasteiger partial charge >= 0.3 is 0 Å². The Labute approximate surface area is 184 Å². The molecular weight excluding hydrogens is 436 g/mol. The Morgan fingerprint density at radius 1 is 1.19 bits per heavy atom. The number of benzene rings is 2. The molecule has 31 heavy (non-hydrogen) atoms. The van der Waals surface area contributed by atoms with Crippen LogP contribution in [0.5, 0.6) is 0 Å². The first-order valence-electron chi connectivity index (χ1n) is 9.96. The van der Waals surface area contributed by atoms with E-state index in [1.165, 1.54) is 27.8 Å². The fourth-order valence-electron chi connectivity index (χ4n) is 3.76. The molecule has 1 aromatic heterocycles. The van der Waals surface area contributed by atoms with E-state index in [1.807, 2.05) is 30.3 Å². The van der Waals surface area contributed by atoms with Crippen molar-refractivity contribution >= 4 is 27.0 Å². The van der Waals surface area contributed by atoms with E-state index < -0.39 is 14.9 Å². The molecule has 0 radical (unpaired) electrons. The molecule has 0 saturated carbocycles. The number of hydrogen-bond donors (Lipinski definition) is 0. The molecule has 0 bridgehead atoms. The van der Waals surface area contributed by atoms with E-state index in [-0.39, 0.29) is 16.5 Å². The van der Waals surface area contributed by atoms with Crippen molar-refractivity contribution in [3.05, 3.63) is 79.8 Å². The summed E-state index contributed by atoms with van der Waals surface area (Å²) in [6.07, 6.45) is 2.23. The molecule has 10 heteroatoms. The Kier molecular flexibility index (Phi) is 6.12. The first-order valence-corrected chi connectivity index (χ1v) is 12.2. The number of hydrogen-bond acceptors (Lipinski definition) is 7. The van der Waals surface area contributed by atoms with E-state index in [0.717, 1.165) is 28.1 Å². The van der Waals surface area contributed by atoms with Gasteiger partial charge in [0.05, 0.1) is 9.82 Å². The third-order valence-electron chi connectivity index (χ3n) is 5.41. The number of nitro groups is 1. The normalized spacial score (nSPS) is 17.5. The molecule has 1 aliphatic rings. The number of aromatic nitrogens is 2. The van der Waals surface area contributed by atoms with Gasteiger partial charge in [-0.05, 0) is 30.9 Å². The standard InChI is InChI=1S/C21H22N4O4S2/c1-15-9-10-18(25(26)27)13-19(15)31(28,29)24-11-5-8-17(14-24)21-23-22-20(30-21)12-16-6-3-2-4-7-16/h2-4,6-7,9-10,13,17H,5,8,11-12,14H2,1H3. The molecule has 1 saturated heterocycles. The van der Waals surface area contributed by atoms with E-state index in [2.05, 4.69) is 10.2 Å². The van der Waals surface area contributed by atoms with E-state index in [1.54, 1.807) is 6.92 Å². The van der Waals surface area contributed by atoms with Gasteiger partial charge < -0.3 is 0 Å². The summed E-state index contributed by atoms with van der Waals surface area (Å²) in [5, 5.41) is 21.5. The lowest BCUT2D eigenvalue weighted by molar-refractivity contribution is -0.385. The average Bonchev–Trinajstić information content (AvgIpc) is 3.23. The van der Waals surface area contributed by atoms with Crippen LogP contribution in [0.15, 0.2) is 53.4 Å². The number of aryl methyl sites for hydroxylation is 1. The summed E-state index contributed by atoms with van der Waals surface area (Å²) in [6, 6.07) is 14.0. The molecule has 0 amide bonds. The van der Waals surface area contributed by atoms with Crippen molar-refractivity contribution in [2.24, 2.45) is 0 Å². The lowest BCUT2D eigenvalue weighted by atomic mass is 10.0. The number of nitro benzene ring substituents is 1. The Balaban J connectivity index is 1.54. The van der Waals surface area contributed by atoms with Gasteiger partial charge in [-0.25, -0.2) is 8.42 Å². The van der Waals surface area contributed by atoms with Crippen LogP contribution in [0.4, 0.5) is 5.69 Å². The summed E-state index contributed by atoms with van der Waals surface area (Å²) in [4.78, 5) is 10.5. The maximum atomic E-state index is 13.3. The molecule has 2 aromatic carbocycles. The molecule has 0 aliphatic carbocycles. The Morgan fingerprint density at radius 2 is 1.97 bits per heavy atom. The Morgan fingerprint density at radius 3 is 2.71 bits per heavy atom. The van der Waals surface area contributed by atoms with Crippen LogP contribution in [0.1, 0.15) is 39.9 Å². The van der Waals surface area contributed by atoms with Crippen molar-refractivity contribution in [1.82, 2.24) is 14.5 Å². The molecule has 4 rings (SSSR count). The summed E-state index contributed by atoms with van der Waals surface area (Å²) in [5.74, 6) is -0.0375. The van der Waals surface area contributed by atoms with Crippen LogP contribution in [0.3, 0.4) is 0 Å². The minimum Gasteiger partial charge on any atom is -0.258 e. The summed E-state index contributed by atoms with van der Waals surface area (Å²) >= 11 is 1.52. The van der Waals surface area contributed by atoms with Crippen molar-refractivity contribution < 1.29 is 13.3 Å². The van der Waals surface area contributed by atoms with Gasteiger partial charge in [0.2, 0.25) is 10.0 Å². The van der Waals surface area contributed by atoms with Gasteiger partial charge in [-0.1, -0.05) is 36.4 Å². The van der Waals surface area contributed by atoms with E-state index in [9.17, 15) is 18.5 Å². The molecule has 3 aromatic rings. The zero-order valence-corrected chi connectivity index (χ0v) is 18.6. The van der Waals surface area contributed by atoms with Gasteiger partial charge in [-0.3, -0.25) is 10.1 Å². The Bertz CT molecular complexity index is 1200. The van der Waals surface area contributed by atoms with E-state index in [4.69, 9.17) is 0 Å². The van der Waals surface area contributed by atoms with Crippen LogP contribution in [0.2, 0.25) is 0 Å². The van der Waals surface area contributed by atoms with Crippen molar-refractivity contribution in [3.8, 4) is 0 Å². The van der Waals surface area contributed by atoms with E-state index in [0.29, 0.717) is 31.5 Å². The SMILES string of the molecule is Cc1ccc([N+](=O)[O-])cc1S(=O)(=O)N1CCCC(c2nnc(Cc3ccccc3)s2)C1. The van der Waals surface area contributed by atoms with Crippen molar-refractivity contribution in [2.75, 3.05) is 13.1 Å². The van der Waals surface area contributed by atoms with Gasteiger partial charge in [0.25, 0.3) is 5.69 Å². The molecule has 8 nitrogen and oxygen atoms in total. The second kappa shape index (κ2) is 8.81. The van der Waals surface area contributed by atoms with Crippen LogP contribution < -0.4 is 0 Å². The smallest absolute Gasteiger partial charge is 0.258 e. The van der Waals surface area contributed by atoms with Gasteiger partial charge in [0.1, 0.15) is 10.0 Å². The third-order valence-corrected chi connectivity index (χ3v) is 8.51. The molecule has 2 heterocycles. The van der Waals surface area contributed by atoms with Crippen molar-refractivity contribution in [2.45, 2.75) is 37.0 Å². The molecule has 1 unspecified atom stereocenters. The summed E-state index contributed by atoms with van der Waals surface area (Å²) in [7, 11) is -3.85. The van der Waals surface area contributed by atoms with Gasteiger partial charge in [-0.2, -0.15) is 4.31 Å². The maximum absolute atomic E-state index is 13.3. The number of piperidine rings is 1. The summed E-state index contributed by atoms with van der Waals surface area (Å²) < 4.78 is 28.0. The summed E-state index contributed by atoms with van der Waals surface area (Å²) in [6.45, 7) is 2.33. The predicted octanol–water partition coefficient (Wildman–Crippen LogP) is 3.91. The number of nitrogens with zero attached hydrogens (tertiary/aromatic N) is 4. The monoisotopic (exact) mass is 458 g/mol. The second-order valence-electron chi connectivity index (χ2n) is 7.61. The molecular formula is C21H22N4O4S2. The minimum atomic E-state index is -3.85. The van der Waals surface area contributed by atoms with Gasteiger partial charge in [0.15, 0.2) is 0 Å². The van der Waals surface area contributed by atoms with Crippen LogP contribution in [-0.2, 0) is 16.4 Å². The van der Waals surface area contributed by atoms with E-state index >= 15 is 0 Å². The number of rotatable bonds is 6. The van der Waals surface area contributed by atoms with Crippen LogP contribution >= 0.6 is 11.3 Å². The fraction of sp³-hybridized carbons (Fsp3) is 0.333. The van der Waals surface area contributed by atoms with Crippen molar-refractivity contribution in [3.63, 3.8) is 0 Å². The molecule has 162 valence electrons. The maximum Gasteiger partial charge on any atom is 0.270 e. The largest absolute Gasteiger partial charge is 0.270 e. The first-order chi connectivity index (χ1) is 14.8. The van der Waals surface area contributed by atoms with Crippen LogP contribution in [0.25, 0.3) is 0 Å². The molecule has 1 atom stereocenters. The highest BCUT2D eigenvalue weighted by Crippen LogP contribution is 2.33. The van der Waals surface area contributed by atoms with Gasteiger partial charge in [0, 0.05) is 37.6 Å². The first kappa shape index (κ1) is 21.5. The zero-order valence-electron chi connectivity index (χ0n) is 17.0. The van der Waals surface area contributed by atoms with Crippen LogP contribution in [0, 0.1) is 17.0 Å². The molecule has 0 spiro atoms. The minimum absolute atomic E-state index is 0.00983. The summed E-state index contributed by atoms with van der Waals surface area (Å²) in [5.41, 5.74) is 1.42. The lowest BCUT2D eigenvalue weighted by Crippen LogP contribution is -2.39. The van der Waals surface area contributed by atoms with Gasteiger partial charge in [-0.15, -0.1) is 21.5 Å². The molecule has 1 fully saturated rings. The highest BCUT2D eigenvalue weighted by Gasteiger charge is 2.34. The Hall–Kier alpha value is -2.69.